The van der Waals surface area contributed by atoms with Gasteiger partial charge in [0.25, 0.3) is 5.56 Å². The minimum absolute atomic E-state index is 0.0398. The molecular weight excluding hydrogens is 468 g/mol. The van der Waals surface area contributed by atoms with E-state index in [-0.39, 0.29) is 37.0 Å². The maximum absolute atomic E-state index is 13.3. The van der Waals surface area contributed by atoms with Gasteiger partial charge in [-0.05, 0) is 31.0 Å². The fraction of sp³-hybridized carbons (Fsp3) is 0.292. The normalized spacial score (nSPS) is 10.7. The molecule has 0 unspecified atom stereocenters. The molecule has 3 N–H and O–H groups in total. The Hall–Kier alpha value is -3.88. The van der Waals surface area contributed by atoms with Crippen LogP contribution in [0.5, 0.6) is 0 Å². The van der Waals surface area contributed by atoms with Crippen LogP contribution in [0.15, 0.2) is 51.0 Å². The number of carbonyl (C=O) groups excluding carboxylic acids is 1. The molecule has 0 fully saturated rings. The molecule has 0 radical (unpaired) electrons. The van der Waals surface area contributed by atoms with Crippen LogP contribution in [0.3, 0.4) is 0 Å². The average Bonchev–Trinajstić information content (AvgIpc) is 2.82. The number of rotatable bonds is 9. The maximum Gasteiger partial charge on any atom is 0.330 e. The molecule has 11 heteroatoms. The number of benzene rings is 1. The number of pyridine rings is 1. The number of nitrogens with two attached hydrogens (primary N) is 1. The molecule has 1 aromatic carbocycles. The Morgan fingerprint density at radius 1 is 1.29 bits per heavy atom. The van der Waals surface area contributed by atoms with Crippen LogP contribution in [0.25, 0.3) is 0 Å². The summed E-state index contributed by atoms with van der Waals surface area (Å²) in [7, 11) is 1.47. The van der Waals surface area contributed by atoms with E-state index in [4.69, 9.17) is 10.5 Å². The molecule has 35 heavy (non-hydrogen) atoms. The fourth-order valence-electron chi connectivity index (χ4n) is 3.56. The Balaban J connectivity index is 1.97. The molecule has 2 heterocycles. The number of aryl methyl sites for hydroxylation is 2. The van der Waals surface area contributed by atoms with Crippen molar-refractivity contribution in [2.45, 2.75) is 25.4 Å². The minimum Gasteiger partial charge on any atom is -0.383 e. The number of ether oxygens (including phenoxy) is 1. The monoisotopic (exact) mass is 494 g/mol. The second kappa shape index (κ2) is 11.5. The van der Waals surface area contributed by atoms with Gasteiger partial charge in [-0.25, -0.2) is 9.78 Å². The number of aromatic amines is 1. The third kappa shape index (κ3) is 5.98. The summed E-state index contributed by atoms with van der Waals surface area (Å²) in [6.07, 6.45) is 0. The second-order valence-electron chi connectivity index (χ2n) is 7.76. The Morgan fingerprint density at radius 3 is 2.66 bits per heavy atom. The van der Waals surface area contributed by atoms with Gasteiger partial charge in [-0.3, -0.25) is 19.1 Å². The number of hydrogen-bond donors (Lipinski definition) is 2. The lowest BCUT2D eigenvalue weighted by Crippen LogP contribution is -2.43. The summed E-state index contributed by atoms with van der Waals surface area (Å²) in [5.41, 5.74) is 7.39. The maximum atomic E-state index is 13.3. The molecule has 3 aromatic rings. The fourth-order valence-corrected chi connectivity index (χ4v) is 4.53. The molecule has 0 aliphatic heterocycles. The van der Waals surface area contributed by atoms with Crippen molar-refractivity contribution in [2.75, 3.05) is 36.6 Å². The summed E-state index contributed by atoms with van der Waals surface area (Å²) >= 11 is 1.10. The zero-order valence-corrected chi connectivity index (χ0v) is 20.5. The van der Waals surface area contributed by atoms with E-state index in [0.29, 0.717) is 10.6 Å². The number of hydrogen-bond acceptors (Lipinski definition) is 8. The lowest BCUT2D eigenvalue weighted by Gasteiger charge is -2.24. The van der Waals surface area contributed by atoms with E-state index in [2.05, 4.69) is 16.0 Å². The summed E-state index contributed by atoms with van der Waals surface area (Å²) in [6, 6.07) is 13.1. The van der Waals surface area contributed by atoms with Crippen molar-refractivity contribution < 1.29 is 9.53 Å². The first-order chi connectivity index (χ1) is 16.8. The number of aromatic nitrogens is 3. The van der Waals surface area contributed by atoms with Crippen LogP contribution in [0, 0.1) is 25.2 Å². The quantitative estimate of drug-likeness (QED) is 0.428. The molecule has 0 saturated carbocycles. The Morgan fingerprint density at radius 2 is 2.00 bits per heavy atom. The molecule has 1 amide bonds. The highest BCUT2D eigenvalue weighted by molar-refractivity contribution is 8.00. The van der Waals surface area contributed by atoms with Crippen molar-refractivity contribution in [1.29, 1.82) is 5.26 Å². The Kier molecular flexibility index (Phi) is 8.46. The van der Waals surface area contributed by atoms with Crippen molar-refractivity contribution >= 4 is 29.2 Å². The van der Waals surface area contributed by atoms with Crippen LogP contribution in [-0.4, -0.2) is 46.5 Å². The van der Waals surface area contributed by atoms with Crippen molar-refractivity contribution in [1.82, 2.24) is 14.5 Å². The third-order valence-electron chi connectivity index (χ3n) is 5.24. The van der Waals surface area contributed by atoms with Gasteiger partial charge in [0.05, 0.1) is 24.5 Å². The molecule has 0 aliphatic rings. The predicted octanol–water partition coefficient (Wildman–Crippen LogP) is 1.82. The zero-order chi connectivity index (χ0) is 25.5. The van der Waals surface area contributed by atoms with Crippen LogP contribution in [0.4, 0.5) is 11.5 Å². The van der Waals surface area contributed by atoms with Gasteiger partial charge in [0.1, 0.15) is 16.9 Å². The molecule has 2 aromatic heterocycles. The molecular formula is C24H26N6O4S. The summed E-state index contributed by atoms with van der Waals surface area (Å²) in [6.45, 7) is 3.91. The highest BCUT2D eigenvalue weighted by atomic mass is 32.2. The van der Waals surface area contributed by atoms with Crippen molar-refractivity contribution in [3.63, 3.8) is 0 Å². The van der Waals surface area contributed by atoms with E-state index < -0.39 is 17.2 Å². The highest BCUT2D eigenvalue weighted by Gasteiger charge is 2.25. The summed E-state index contributed by atoms with van der Waals surface area (Å²) in [5.74, 6) is -0.677. The first-order valence-electron chi connectivity index (χ1n) is 10.7. The molecule has 3 rings (SSSR count). The van der Waals surface area contributed by atoms with E-state index in [1.165, 1.54) is 16.6 Å². The SMILES string of the molecule is COCCN(C(=O)CSc1nc(C)cc(C)c1C#N)c1c(N)n(Cc2ccccc2)c(=O)[nH]c1=O. The van der Waals surface area contributed by atoms with Crippen molar-refractivity contribution in [3.8, 4) is 6.07 Å². The van der Waals surface area contributed by atoms with E-state index in [1.807, 2.05) is 30.3 Å². The van der Waals surface area contributed by atoms with E-state index in [9.17, 15) is 19.6 Å². The van der Waals surface area contributed by atoms with Gasteiger partial charge >= 0.3 is 5.69 Å². The molecule has 0 saturated heterocycles. The van der Waals surface area contributed by atoms with Gasteiger partial charge in [-0.15, -0.1) is 0 Å². The number of methoxy groups -OCH3 is 1. The van der Waals surface area contributed by atoms with Gasteiger partial charge in [-0.2, -0.15) is 5.26 Å². The number of carbonyl (C=O) groups is 1. The van der Waals surface area contributed by atoms with Crippen molar-refractivity contribution in [3.05, 3.63) is 79.6 Å². The smallest absolute Gasteiger partial charge is 0.330 e. The third-order valence-corrected chi connectivity index (χ3v) is 6.20. The average molecular weight is 495 g/mol. The number of nitrogens with zero attached hydrogens (tertiary/aromatic N) is 4. The number of anilines is 2. The highest BCUT2D eigenvalue weighted by Crippen LogP contribution is 2.25. The van der Waals surface area contributed by atoms with Crippen LogP contribution in [0.2, 0.25) is 0 Å². The van der Waals surface area contributed by atoms with Gasteiger partial charge in [0.2, 0.25) is 5.91 Å². The largest absolute Gasteiger partial charge is 0.383 e. The topological polar surface area (TPSA) is 147 Å². The van der Waals surface area contributed by atoms with Crippen LogP contribution >= 0.6 is 11.8 Å². The number of nitriles is 1. The summed E-state index contributed by atoms with van der Waals surface area (Å²) in [4.78, 5) is 46.5. The lowest BCUT2D eigenvalue weighted by molar-refractivity contribution is -0.116. The van der Waals surface area contributed by atoms with E-state index in [0.717, 1.165) is 28.6 Å². The number of nitrogens with one attached hydrogen (secondary N) is 1. The molecule has 0 atom stereocenters. The van der Waals surface area contributed by atoms with Crippen molar-refractivity contribution in [2.24, 2.45) is 0 Å². The summed E-state index contributed by atoms with van der Waals surface area (Å²) in [5, 5.41) is 9.93. The van der Waals surface area contributed by atoms with Crippen LogP contribution in [0.1, 0.15) is 22.4 Å². The first-order valence-corrected chi connectivity index (χ1v) is 11.7. The predicted molar refractivity (Wildman–Crippen MR) is 135 cm³/mol. The first kappa shape index (κ1) is 25.7. The van der Waals surface area contributed by atoms with Gasteiger partial charge in [0, 0.05) is 19.3 Å². The van der Waals surface area contributed by atoms with Crippen LogP contribution in [-0.2, 0) is 16.1 Å². The number of nitrogen functional groups attached to an aromatic ring is 1. The zero-order valence-electron chi connectivity index (χ0n) is 19.7. The van der Waals surface area contributed by atoms with Gasteiger partial charge in [-0.1, -0.05) is 42.1 Å². The molecule has 182 valence electrons. The second-order valence-corrected chi connectivity index (χ2v) is 8.73. The van der Waals surface area contributed by atoms with Crippen LogP contribution < -0.4 is 21.9 Å². The van der Waals surface area contributed by atoms with E-state index >= 15 is 0 Å². The number of thioether (sulfide) groups is 1. The summed E-state index contributed by atoms with van der Waals surface area (Å²) < 4.78 is 6.34. The molecule has 0 spiro atoms. The number of amides is 1. The standard InChI is InChI=1S/C24H26N6O4S/c1-15-11-16(2)27-23(18(15)12-25)35-14-19(31)29(9-10-34-3)20-21(26)30(24(33)28-22(20)32)13-17-7-5-4-6-8-17/h4-8,11H,9-10,13-14,26H2,1-3H3,(H,28,32,33). The molecule has 0 aliphatic carbocycles. The Labute approximate surface area is 206 Å². The lowest BCUT2D eigenvalue weighted by atomic mass is 10.1. The minimum atomic E-state index is -0.770. The van der Waals surface area contributed by atoms with Gasteiger partial charge < -0.3 is 15.4 Å². The number of H-pyrrole nitrogens is 1. The van der Waals surface area contributed by atoms with E-state index in [1.54, 1.807) is 19.9 Å². The molecule has 0 bridgehead atoms. The Bertz CT molecular complexity index is 1380. The van der Waals surface area contributed by atoms with Gasteiger partial charge in [0.15, 0.2) is 5.69 Å². The molecule has 10 nitrogen and oxygen atoms in total.